The Morgan fingerprint density at radius 2 is 1.07 bits per heavy atom. The van der Waals surface area contributed by atoms with Crippen molar-refractivity contribution in [3.8, 4) is 11.8 Å². The average molecular weight is 406 g/mol. The van der Waals surface area contributed by atoms with Crippen LogP contribution in [0.15, 0.2) is 0 Å². The number of unbranched alkanes of at least 4 members (excludes halogenated alkanes) is 16. The molecule has 2 nitrogen and oxygen atoms in total. The van der Waals surface area contributed by atoms with Gasteiger partial charge in [-0.15, -0.1) is 11.8 Å². The molecule has 1 atom stereocenters. The van der Waals surface area contributed by atoms with E-state index in [0.29, 0.717) is 12.5 Å². The van der Waals surface area contributed by atoms with Gasteiger partial charge in [0.15, 0.2) is 0 Å². The maximum Gasteiger partial charge on any atom is 0.220 e. The van der Waals surface area contributed by atoms with Gasteiger partial charge in [-0.25, -0.2) is 0 Å². The summed E-state index contributed by atoms with van der Waals surface area (Å²) in [5.41, 5.74) is 0. The summed E-state index contributed by atoms with van der Waals surface area (Å²) in [6.45, 7) is 6.45. The fraction of sp³-hybridized carbons (Fsp3) is 0.889. The van der Waals surface area contributed by atoms with Gasteiger partial charge in [-0.05, 0) is 32.6 Å². The fourth-order valence-electron chi connectivity index (χ4n) is 3.53. The van der Waals surface area contributed by atoms with Crippen molar-refractivity contribution < 1.29 is 4.79 Å². The van der Waals surface area contributed by atoms with E-state index in [1.807, 2.05) is 0 Å². The number of hydrogen-bond donors (Lipinski definition) is 1. The van der Waals surface area contributed by atoms with E-state index in [0.717, 1.165) is 25.7 Å². The molecule has 0 aliphatic rings. The quantitative estimate of drug-likeness (QED) is 0.160. The number of carbonyl (C=O) groups excluding carboxylic acids is 1. The molecule has 29 heavy (non-hydrogen) atoms. The van der Waals surface area contributed by atoms with Crippen LogP contribution >= 0.6 is 0 Å². The minimum absolute atomic E-state index is 0.219. The van der Waals surface area contributed by atoms with Crippen LogP contribution in [-0.2, 0) is 4.79 Å². The molecule has 0 aromatic heterocycles. The van der Waals surface area contributed by atoms with Crippen LogP contribution in [0.2, 0.25) is 0 Å². The number of nitrogens with one attached hydrogen (secondary N) is 1. The summed E-state index contributed by atoms with van der Waals surface area (Å²) < 4.78 is 0. The van der Waals surface area contributed by atoms with E-state index in [-0.39, 0.29) is 5.91 Å². The predicted molar refractivity (Wildman–Crippen MR) is 129 cm³/mol. The molecule has 0 saturated carbocycles. The van der Waals surface area contributed by atoms with E-state index in [9.17, 15) is 4.79 Å². The highest BCUT2D eigenvalue weighted by Crippen LogP contribution is 2.11. The molecular weight excluding hydrogens is 354 g/mol. The first kappa shape index (κ1) is 28.0. The molecule has 0 radical (unpaired) electrons. The molecule has 1 amide bonds. The Morgan fingerprint density at radius 1 is 0.655 bits per heavy atom. The lowest BCUT2D eigenvalue weighted by atomic mass is 10.1. The van der Waals surface area contributed by atoms with E-state index < -0.39 is 0 Å². The second kappa shape index (κ2) is 23.3. The first-order chi connectivity index (χ1) is 14.2. The third-order valence-corrected chi connectivity index (χ3v) is 5.76. The molecule has 0 aliphatic carbocycles. The topological polar surface area (TPSA) is 29.1 Å². The zero-order chi connectivity index (χ0) is 21.4. The lowest BCUT2D eigenvalue weighted by molar-refractivity contribution is -0.121. The van der Waals surface area contributed by atoms with Crippen molar-refractivity contribution in [1.29, 1.82) is 0 Å². The summed E-state index contributed by atoms with van der Waals surface area (Å²) in [7, 11) is 0. The van der Waals surface area contributed by atoms with Crippen LogP contribution in [0.25, 0.3) is 0 Å². The zero-order valence-electron chi connectivity index (χ0n) is 20.1. The van der Waals surface area contributed by atoms with Crippen LogP contribution in [0.4, 0.5) is 0 Å². The second-order valence-electron chi connectivity index (χ2n) is 8.78. The minimum Gasteiger partial charge on any atom is -0.354 e. The van der Waals surface area contributed by atoms with Crippen molar-refractivity contribution in [3.63, 3.8) is 0 Å². The number of rotatable bonds is 20. The maximum absolute atomic E-state index is 11.7. The van der Waals surface area contributed by atoms with Crippen molar-refractivity contribution in [2.75, 3.05) is 0 Å². The number of amides is 1. The molecule has 0 aliphatic heterocycles. The van der Waals surface area contributed by atoms with E-state index in [1.165, 1.54) is 96.3 Å². The van der Waals surface area contributed by atoms with E-state index in [1.54, 1.807) is 0 Å². The first-order valence-electron chi connectivity index (χ1n) is 13.0. The molecule has 0 saturated heterocycles. The van der Waals surface area contributed by atoms with Crippen LogP contribution in [0.5, 0.6) is 0 Å². The van der Waals surface area contributed by atoms with Crippen LogP contribution in [-0.4, -0.2) is 11.9 Å². The highest BCUT2D eigenvalue weighted by Gasteiger charge is 2.04. The third kappa shape index (κ3) is 23.2. The van der Waals surface area contributed by atoms with Crippen molar-refractivity contribution in [3.05, 3.63) is 0 Å². The molecule has 1 unspecified atom stereocenters. The van der Waals surface area contributed by atoms with Crippen molar-refractivity contribution >= 4 is 5.91 Å². The van der Waals surface area contributed by atoms with Gasteiger partial charge in [0.1, 0.15) is 0 Å². The highest BCUT2D eigenvalue weighted by atomic mass is 16.1. The van der Waals surface area contributed by atoms with Crippen LogP contribution in [0.3, 0.4) is 0 Å². The van der Waals surface area contributed by atoms with Gasteiger partial charge in [0.05, 0.1) is 0 Å². The monoisotopic (exact) mass is 405 g/mol. The molecule has 1 N–H and O–H groups in total. The molecule has 2 heteroatoms. The fourth-order valence-corrected chi connectivity index (χ4v) is 3.53. The lowest BCUT2D eigenvalue weighted by Gasteiger charge is -2.10. The van der Waals surface area contributed by atoms with E-state index in [4.69, 9.17) is 0 Å². The van der Waals surface area contributed by atoms with Gasteiger partial charge in [0.25, 0.3) is 0 Å². The Balaban J connectivity index is 3.22. The Labute approximate surface area is 183 Å². The molecule has 170 valence electrons. The maximum atomic E-state index is 11.7. The molecule has 0 aromatic rings. The van der Waals surface area contributed by atoms with Crippen molar-refractivity contribution in [2.45, 2.75) is 155 Å². The average Bonchev–Trinajstić information content (AvgIpc) is 2.72. The number of hydrogen-bond acceptors (Lipinski definition) is 1. The summed E-state index contributed by atoms with van der Waals surface area (Å²) in [4.78, 5) is 11.7. The van der Waals surface area contributed by atoms with Gasteiger partial charge in [-0.3, -0.25) is 4.79 Å². The van der Waals surface area contributed by atoms with Gasteiger partial charge >= 0.3 is 0 Å². The SMILES string of the molecule is CCCCCCCCCCCCC#CCCCCCCCCC(=O)NC(C)CC. The molecule has 0 rings (SSSR count). The third-order valence-electron chi connectivity index (χ3n) is 5.76. The molecule has 0 bridgehead atoms. The smallest absolute Gasteiger partial charge is 0.220 e. The zero-order valence-corrected chi connectivity index (χ0v) is 20.1. The molecule has 0 heterocycles. The van der Waals surface area contributed by atoms with Gasteiger partial charge in [0, 0.05) is 25.3 Å². The van der Waals surface area contributed by atoms with E-state index >= 15 is 0 Å². The summed E-state index contributed by atoms with van der Waals surface area (Å²) in [5.74, 6) is 6.93. The predicted octanol–water partition coefficient (Wildman–Crippen LogP) is 8.34. The Morgan fingerprint density at radius 3 is 1.52 bits per heavy atom. The van der Waals surface area contributed by atoms with Crippen LogP contribution in [0, 0.1) is 11.8 Å². The lowest BCUT2D eigenvalue weighted by Crippen LogP contribution is -2.31. The van der Waals surface area contributed by atoms with E-state index in [2.05, 4.69) is 37.9 Å². The summed E-state index contributed by atoms with van der Waals surface area (Å²) in [6, 6.07) is 0.314. The normalized spacial score (nSPS) is 11.7. The van der Waals surface area contributed by atoms with Gasteiger partial charge < -0.3 is 5.32 Å². The first-order valence-corrected chi connectivity index (χ1v) is 13.0. The van der Waals surface area contributed by atoms with Gasteiger partial charge in [-0.2, -0.15) is 0 Å². The highest BCUT2D eigenvalue weighted by molar-refractivity contribution is 5.76. The second-order valence-corrected chi connectivity index (χ2v) is 8.78. The molecule has 0 fully saturated rings. The van der Waals surface area contributed by atoms with Crippen molar-refractivity contribution in [2.24, 2.45) is 0 Å². The molecular formula is C27H51NO. The standard InChI is InChI=1S/C27H51NO/c1-4-6-7-8-9-10-11-12-13-14-15-16-17-18-19-20-21-22-23-24-25-27(29)28-26(3)5-2/h26H,4-15,18-25H2,1-3H3,(H,28,29). The van der Waals surface area contributed by atoms with Crippen LogP contribution in [0.1, 0.15) is 149 Å². The van der Waals surface area contributed by atoms with Gasteiger partial charge in [0.2, 0.25) is 5.91 Å². The number of carbonyl (C=O) groups is 1. The summed E-state index contributed by atoms with van der Waals surface area (Å²) in [5, 5.41) is 3.04. The summed E-state index contributed by atoms with van der Waals surface area (Å²) in [6.07, 6.45) is 25.1. The van der Waals surface area contributed by atoms with Gasteiger partial charge in [-0.1, -0.05) is 97.3 Å². The van der Waals surface area contributed by atoms with Crippen molar-refractivity contribution in [1.82, 2.24) is 5.32 Å². The Kier molecular flexibility index (Phi) is 22.5. The summed E-state index contributed by atoms with van der Waals surface area (Å²) >= 11 is 0. The Bertz CT molecular complexity index is 406. The minimum atomic E-state index is 0.219. The largest absolute Gasteiger partial charge is 0.354 e. The Hall–Kier alpha value is -0.970. The molecule has 0 aromatic carbocycles. The van der Waals surface area contributed by atoms with Crippen LogP contribution < -0.4 is 5.32 Å². The molecule has 0 spiro atoms.